The van der Waals surface area contributed by atoms with Crippen LogP contribution in [0.1, 0.15) is 5.56 Å². The van der Waals surface area contributed by atoms with E-state index in [0.717, 1.165) is 10.0 Å². The number of hydrogen-bond donors (Lipinski definition) is 3. The summed E-state index contributed by atoms with van der Waals surface area (Å²) >= 11 is 3.37. The van der Waals surface area contributed by atoms with E-state index in [-0.39, 0.29) is 37.8 Å². The lowest BCUT2D eigenvalue weighted by atomic mass is 10.2. The molecule has 1 aromatic heterocycles. The van der Waals surface area contributed by atoms with Gasteiger partial charge in [0, 0.05) is 11.0 Å². The van der Waals surface area contributed by atoms with Crippen LogP contribution in [0.3, 0.4) is 0 Å². The summed E-state index contributed by atoms with van der Waals surface area (Å²) in [5.74, 6) is 0.725. The van der Waals surface area contributed by atoms with Crippen molar-refractivity contribution in [2.24, 2.45) is 0 Å². The highest BCUT2D eigenvalue weighted by Crippen LogP contribution is 2.19. The first-order chi connectivity index (χ1) is 14.5. The van der Waals surface area contributed by atoms with Gasteiger partial charge in [-0.2, -0.15) is 0 Å². The number of H-pyrrole nitrogens is 1. The third-order valence-corrected chi connectivity index (χ3v) is 5.06. The molecule has 3 rings (SSSR count). The van der Waals surface area contributed by atoms with Crippen LogP contribution in [0, 0.1) is 0 Å². The summed E-state index contributed by atoms with van der Waals surface area (Å²) in [6.45, 7) is 0.763. The predicted molar refractivity (Wildman–Crippen MR) is 120 cm³/mol. The van der Waals surface area contributed by atoms with Crippen molar-refractivity contribution in [3.05, 3.63) is 85.5 Å². The van der Waals surface area contributed by atoms with Crippen molar-refractivity contribution >= 4 is 27.4 Å². The van der Waals surface area contributed by atoms with Crippen LogP contribution >= 0.6 is 15.9 Å². The van der Waals surface area contributed by atoms with Crippen LogP contribution in [0.25, 0.3) is 0 Å². The Morgan fingerprint density at radius 2 is 1.77 bits per heavy atom. The topological polar surface area (TPSA) is 114 Å². The number of nitrogens with zero attached hydrogens (tertiary/aromatic N) is 2. The van der Waals surface area contributed by atoms with Crippen molar-refractivity contribution in [2.75, 3.05) is 36.9 Å². The highest BCUT2D eigenvalue weighted by Gasteiger charge is 2.19. The van der Waals surface area contributed by atoms with Crippen molar-refractivity contribution in [3.8, 4) is 5.75 Å². The average molecular weight is 475 g/mol. The Labute approximate surface area is 181 Å². The molecular weight excluding hydrogens is 452 g/mol. The lowest BCUT2D eigenvalue weighted by molar-refractivity contribution is 0.289. The predicted octanol–water partition coefficient (Wildman–Crippen LogP) is 1.81. The molecule has 0 spiro atoms. The summed E-state index contributed by atoms with van der Waals surface area (Å²) in [5, 5.41) is 9.48. The minimum Gasteiger partial charge on any atom is -0.492 e. The Morgan fingerprint density at radius 1 is 1.07 bits per heavy atom. The summed E-state index contributed by atoms with van der Waals surface area (Å²) in [6.07, 6.45) is 0. The Kier molecular flexibility index (Phi) is 7.31. The van der Waals surface area contributed by atoms with Crippen molar-refractivity contribution in [2.45, 2.75) is 6.54 Å². The van der Waals surface area contributed by atoms with Crippen LogP contribution in [0.4, 0.5) is 11.5 Å². The number of aromatic amines is 1. The van der Waals surface area contributed by atoms with Crippen LogP contribution in [0.2, 0.25) is 0 Å². The fourth-order valence-corrected chi connectivity index (χ4v) is 3.33. The molecule has 1 heterocycles. The van der Waals surface area contributed by atoms with Gasteiger partial charge in [0.05, 0.1) is 19.7 Å². The first kappa shape index (κ1) is 21.7. The maximum absolute atomic E-state index is 12.5. The molecular formula is C21H23BrN4O4. The standard InChI is InChI=1S/C21H23BrN4O4/c22-16-6-8-17(9-7-16)30-13-11-25(10-12-27)18-19(23)26(21(29)24-20(18)28)14-15-4-2-1-3-5-15/h1-9,27H,10-14,23H2,(H,24,28,29). The van der Waals surface area contributed by atoms with Crippen LogP contribution in [0.5, 0.6) is 5.75 Å². The molecule has 158 valence electrons. The van der Waals surface area contributed by atoms with Crippen molar-refractivity contribution in [1.82, 2.24) is 9.55 Å². The smallest absolute Gasteiger partial charge is 0.330 e. The lowest BCUT2D eigenvalue weighted by Crippen LogP contribution is -2.41. The number of aliphatic hydroxyl groups is 1. The second-order valence-electron chi connectivity index (χ2n) is 6.58. The molecule has 4 N–H and O–H groups in total. The fraction of sp³-hybridized carbons (Fsp3) is 0.238. The summed E-state index contributed by atoms with van der Waals surface area (Å²) in [4.78, 5) is 28.8. The van der Waals surface area contributed by atoms with Gasteiger partial charge in [-0.25, -0.2) is 4.79 Å². The van der Waals surface area contributed by atoms with E-state index in [9.17, 15) is 14.7 Å². The molecule has 0 atom stereocenters. The van der Waals surface area contributed by atoms with Gasteiger partial charge < -0.3 is 20.5 Å². The van der Waals surface area contributed by atoms with Gasteiger partial charge >= 0.3 is 5.69 Å². The maximum Gasteiger partial charge on any atom is 0.330 e. The molecule has 0 saturated heterocycles. The van der Waals surface area contributed by atoms with Gasteiger partial charge in [-0.3, -0.25) is 14.3 Å². The molecule has 0 radical (unpaired) electrons. The molecule has 0 amide bonds. The first-order valence-electron chi connectivity index (χ1n) is 9.40. The average Bonchev–Trinajstić information content (AvgIpc) is 2.73. The second kappa shape index (κ2) is 10.1. The number of nitrogen functional groups attached to an aromatic ring is 1. The number of halogens is 1. The van der Waals surface area contributed by atoms with Gasteiger partial charge in [-0.15, -0.1) is 0 Å². The molecule has 0 aliphatic carbocycles. The molecule has 0 aliphatic rings. The summed E-state index contributed by atoms with van der Waals surface area (Å²) in [5.41, 5.74) is 6.07. The van der Waals surface area contributed by atoms with E-state index in [2.05, 4.69) is 20.9 Å². The summed E-state index contributed by atoms with van der Waals surface area (Å²) in [7, 11) is 0. The number of anilines is 2. The molecule has 0 fully saturated rings. The SMILES string of the molecule is Nc1c(N(CCO)CCOc2ccc(Br)cc2)c(=O)[nH]c(=O)n1Cc1ccccc1. The van der Waals surface area contributed by atoms with Crippen molar-refractivity contribution < 1.29 is 9.84 Å². The van der Waals surface area contributed by atoms with Gasteiger partial charge in [0.15, 0.2) is 0 Å². The fourth-order valence-electron chi connectivity index (χ4n) is 3.07. The van der Waals surface area contributed by atoms with Gasteiger partial charge in [0.1, 0.15) is 23.9 Å². The number of nitrogens with two attached hydrogens (primary N) is 1. The van der Waals surface area contributed by atoms with Crippen molar-refractivity contribution in [1.29, 1.82) is 0 Å². The Bertz CT molecular complexity index is 1080. The Balaban J connectivity index is 1.84. The van der Waals surface area contributed by atoms with Crippen LogP contribution in [-0.2, 0) is 6.54 Å². The number of benzene rings is 2. The van der Waals surface area contributed by atoms with E-state index in [0.29, 0.717) is 12.3 Å². The zero-order chi connectivity index (χ0) is 21.5. The van der Waals surface area contributed by atoms with E-state index in [1.54, 1.807) is 4.90 Å². The van der Waals surface area contributed by atoms with Gasteiger partial charge in [0.2, 0.25) is 0 Å². The normalized spacial score (nSPS) is 10.7. The van der Waals surface area contributed by atoms with E-state index in [1.807, 2.05) is 54.6 Å². The highest BCUT2D eigenvalue weighted by atomic mass is 79.9. The molecule has 9 heteroatoms. The molecule has 0 unspecified atom stereocenters. The third-order valence-electron chi connectivity index (χ3n) is 4.53. The monoisotopic (exact) mass is 474 g/mol. The summed E-state index contributed by atoms with van der Waals surface area (Å²) < 4.78 is 7.98. The van der Waals surface area contributed by atoms with Crippen LogP contribution in [-0.4, -0.2) is 41.0 Å². The molecule has 2 aromatic carbocycles. The number of rotatable bonds is 9. The minimum absolute atomic E-state index is 0.0460. The largest absolute Gasteiger partial charge is 0.492 e. The maximum atomic E-state index is 12.5. The van der Waals surface area contributed by atoms with Crippen molar-refractivity contribution in [3.63, 3.8) is 0 Å². The van der Waals surface area contributed by atoms with E-state index < -0.39 is 11.2 Å². The zero-order valence-electron chi connectivity index (χ0n) is 16.3. The van der Waals surface area contributed by atoms with Gasteiger partial charge in [0.25, 0.3) is 5.56 Å². The van der Waals surface area contributed by atoms with Crippen LogP contribution in [0.15, 0.2) is 68.7 Å². The third kappa shape index (κ3) is 5.31. The lowest BCUT2D eigenvalue weighted by Gasteiger charge is -2.25. The molecule has 0 saturated carbocycles. The van der Waals surface area contributed by atoms with Gasteiger partial charge in [-0.1, -0.05) is 46.3 Å². The summed E-state index contributed by atoms with van der Waals surface area (Å²) in [6, 6.07) is 16.7. The minimum atomic E-state index is -0.598. The van der Waals surface area contributed by atoms with E-state index >= 15 is 0 Å². The molecule has 8 nitrogen and oxygen atoms in total. The number of aromatic nitrogens is 2. The first-order valence-corrected chi connectivity index (χ1v) is 10.2. The zero-order valence-corrected chi connectivity index (χ0v) is 17.8. The number of ether oxygens (including phenoxy) is 1. The number of hydrogen-bond acceptors (Lipinski definition) is 6. The molecule has 30 heavy (non-hydrogen) atoms. The highest BCUT2D eigenvalue weighted by molar-refractivity contribution is 9.10. The quantitative estimate of drug-likeness (QED) is 0.435. The Morgan fingerprint density at radius 3 is 2.43 bits per heavy atom. The number of aliphatic hydroxyl groups excluding tert-OH is 1. The van der Waals surface area contributed by atoms with Crippen LogP contribution < -0.4 is 26.6 Å². The molecule has 3 aromatic rings. The van der Waals surface area contributed by atoms with Gasteiger partial charge in [-0.05, 0) is 29.8 Å². The molecule has 0 aliphatic heterocycles. The van der Waals surface area contributed by atoms with E-state index in [4.69, 9.17) is 10.5 Å². The molecule has 0 bridgehead atoms. The second-order valence-corrected chi connectivity index (χ2v) is 7.49. The number of nitrogens with one attached hydrogen (secondary N) is 1. The Hall–Kier alpha value is -3.04. The van der Waals surface area contributed by atoms with E-state index in [1.165, 1.54) is 4.57 Å².